The van der Waals surface area contributed by atoms with Gasteiger partial charge in [0.25, 0.3) is 5.91 Å². The van der Waals surface area contributed by atoms with Crippen LogP contribution in [0.1, 0.15) is 42.5 Å². The number of hydrogen-bond donors (Lipinski definition) is 4. The third-order valence-electron chi connectivity index (χ3n) is 4.66. The highest BCUT2D eigenvalue weighted by atomic mass is 16.2. The van der Waals surface area contributed by atoms with E-state index >= 15 is 0 Å². The molecule has 0 radical (unpaired) electrons. The standard InChI is InChI=1S/C19H22N4O2/c20-19(25)23-16(13-6-2-1-3-7-13)10-11-21-18(24)15-12-22-17-9-5-4-8-14(15)17/h4-5,8-9,12-13,16,22H,1-3,6-7H2,(H,21,24)(H3,20,23,25). The van der Waals surface area contributed by atoms with E-state index in [-0.39, 0.29) is 17.9 Å². The van der Waals surface area contributed by atoms with Crippen molar-refractivity contribution in [2.75, 3.05) is 0 Å². The number of rotatable bonds is 3. The molecule has 0 bridgehead atoms. The number of aromatic nitrogens is 1. The molecule has 1 aliphatic rings. The van der Waals surface area contributed by atoms with Crippen molar-refractivity contribution in [2.24, 2.45) is 11.7 Å². The molecule has 0 aliphatic heterocycles. The van der Waals surface area contributed by atoms with Crippen LogP contribution >= 0.6 is 0 Å². The molecule has 0 saturated heterocycles. The zero-order valence-electron chi connectivity index (χ0n) is 14.0. The van der Waals surface area contributed by atoms with Gasteiger partial charge in [-0.15, -0.1) is 0 Å². The highest BCUT2D eigenvalue weighted by molar-refractivity contribution is 6.07. The first-order chi connectivity index (χ1) is 12.1. The molecule has 1 aromatic carbocycles. The summed E-state index contributed by atoms with van der Waals surface area (Å²) in [5.41, 5.74) is 6.70. The van der Waals surface area contributed by atoms with Crippen LogP contribution in [-0.2, 0) is 0 Å². The van der Waals surface area contributed by atoms with Gasteiger partial charge in [0.15, 0.2) is 0 Å². The van der Waals surface area contributed by atoms with Crippen LogP contribution in [0.2, 0.25) is 0 Å². The van der Waals surface area contributed by atoms with E-state index in [9.17, 15) is 9.59 Å². The molecule has 1 heterocycles. The summed E-state index contributed by atoms with van der Waals surface area (Å²) < 4.78 is 0. The van der Waals surface area contributed by atoms with Crippen LogP contribution in [0.4, 0.5) is 4.79 Å². The highest BCUT2D eigenvalue weighted by Crippen LogP contribution is 2.26. The van der Waals surface area contributed by atoms with Crippen molar-refractivity contribution < 1.29 is 9.59 Å². The largest absolute Gasteiger partial charge is 0.360 e. The summed E-state index contributed by atoms with van der Waals surface area (Å²) >= 11 is 0. The molecule has 1 aliphatic carbocycles. The molecule has 1 fully saturated rings. The summed E-state index contributed by atoms with van der Waals surface area (Å²) in [5.74, 6) is 2.96. The number of carbonyl (C=O) groups excluding carboxylic acids is 2. The fourth-order valence-corrected chi connectivity index (χ4v) is 3.39. The zero-order valence-corrected chi connectivity index (χ0v) is 14.0. The Hall–Kier alpha value is -2.94. The van der Waals surface area contributed by atoms with Gasteiger partial charge in [-0.1, -0.05) is 43.4 Å². The maximum absolute atomic E-state index is 12.4. The summed E-state index contributed by atoms with van der Waals surface area (Å²) in [6, 6.07) is 9.37. The fourth-order valence-electron chi connectivity index (χ4n) is 3.39. The van der Waals surface area contributed by atoms with E-state index in [1.807, 2.05) is 24.3 Å². The number of urea groups is 1. The number of benzene rings is 1. The zero-order chi connectivity index (χ0) is 17.6. The van der Waals surface area contributed by atoms with Gasteiger partial charge in [-0.25, -0.2) is 4.79 Å². The smallest absolute Gasteiger partial charge is 0.313 e. The summed E-state index contributed by atoms with van der Waals surface area (Å²) in [6.07, 6.45) is 7.16. The lowest BCUT2D eigenvalue weighted by Gasteiger charge is -2.26. The third-order valence-corrected chi connectivity index (χ3v) is 4.66. The Kier molecular flexibility index (Phi) is 5.24. The van der Waals surface area contributed by atoms with Gasteiger partial charge >= 0.3 is 6.03 Å². The van der Waals surface area contributed by atoms with Crippen molar-refractivity contribution in [1.82, 2.24) is 15.6 Å². The Morgan fingerprint density at radius 2 is 1.96 bits per heavy atom. The topological polar surface area (TPSA) is 100 Å². The Labute approximate surface area is 146 Å². The lowest BCUT2D eigenvalue weighted by molar-refractivity contribution is 0.0975. The third kappa shape index (κ3) is 4.13. The monoisotopic (exact) mass is 338 g/mol. The fraction of sp³-hybridized carbons (Fsp3) is 0.368. The molecule has 2 aromatic rings. The number of H-pyrrole nitrogens is 1. The van der Waals surface area contributed by atoms with Crippen LogP contribution in [-0.4, -0.2) is 23.0 Å². The van der Waals surface area contributed by atoms with Crippen molar-refractivity contribution in [3.05, 3.63) is 36.0 Å². The van der Waals surface area contributed by atoms with Gasteiger partial charge in [-0.05, 0) is 24.8 Å². The molecule has 1 saturated carbocycles. The van der Waals surface area contributed by atoms with Gasteiger partial charge in [0.2, 0.25) is 0 Å². The average molecular weight is 338 g/mol. The van der Waals surface area contributed by atoms with Crippen molar-refractivity contribution >= 4 is 22.8 Å². The summed E-state index contributed by atoms with van der Waals surface area (Å²) in [7, 11) is 0. The van der Waals surface area contributed by atoms with Gasteiger partial charge in [0.05, 0.1) is 11.6 Å². The van der Waals surface area contributed by atoms with Gasteiger partial charge in [0.1, 0.15) is 0 Å². The number of para-hydroxylation sites is 1. The molecule has 0 spiro atoms. The van der Waals surface area contributed by atoms with Crippen molar-refractivity contribution in [3.8, 4) is 12.0 Å². The van der Waals surface area contributed by atoms with Crippen LogP contribution in [0.15, 0.2) is 30.5 Å². The van der Waals surface area contributed by atoms with Gasteiger partial charge in [-0.3, -0.25) is 10.1 Å². The predicted molar refractivity (Wildman–Crippen MR) is 96.6 cm³/mol. The molecular formula is C19H22N4O2. The van der Waals surface area contributed by atoms with E-state index in [1.165, 1.54) is 6.42 Å². The minimum Gasteiger partial charge on any atom is -0.360 e. The van der Waals surface area contributed by atoms with Crippen LogP contribution < -0.4 is 16.4 Å². The lowest BCUT2D eigenvalue weighted by Crippen LogP contribution is -2.43. The minimum absolute atomic E-state index is 0.272. The van der Waals surface area contributed by atoms with Gasteiger partial charge in [0, 0.05) is 23.1 Å². The van der Waals surface area contributed by atoms with Crippen LogP contribution in [0.3, 0.4) is 0 Å². The number of amides is 3. The molecule has 130 valence electrons. The lowest BCUT2D eigenvalue weighted by atomic mass is 9.84. The van der Waals surface area contributed by atoms with E-state index in [1.54, 1.807) is 6.20 Å². The number of primary amides is 1. The number of nitrogens with one attached hydrogen (secondary N) is 3. The summed E-state index contributed by atoms with van der Waals surface area (Å²) in [6.45, 7) is 0. The Bertz CT molecular complexity index is 825. The van der Waals surface area contributed by atoms with E-state index in [2.05, 4.69) is 27.6 Å². The Morgan fingerprint density at radius 3 is 2.72 bits per heavy atom. The minimum atomic E-state index is -0.590. The summed E-state index contributed by atoms with van der Waals surface area (Å²) in [4.78, 5) is 26.7. The molecule has 6 nitrogen and oxygen atoms in total. The Balaban J connectivity index is 1.70. The maximum Gasteiger partial charge on any atom is 0.313 e. The molecular weight excluding hydrogens is 316 g/mol. The first kappa shape index (κ1) is 16.9. The van der Waals surface area contributed by atoms with E-state index in [0.29, 0.717) is 5.56 Å². The normalized spacial score (nSPS) is 15.8. The first-order valence-corrected chi connectivity index (χ1v) is 8.58. The number of aromatic amines is 1. The van der Waals surface area contributed by atoms with Gasteiger partial charge < -0.3 is 16.0 Å². The maximum atomic E-state index is 12.4. The van der Waals surface area contributed by atoms with Gasteiger partial charge in [-0.2, -0.15) is 0 Å². The van der Waals surface area contributed by atoms with Crippen molar-refractivity contribution in [2.45, 2.75) is 38.1 Å². The molecule has 1 atom stereocenters. The second-order valence-corrected chi connectivity index (χ2v) is 6.36. The number of nitrogens with two attached hydrogens (primary N) is 1. The van der Waals surface area contributed by atoms with Crippen LogP contribution in [0.25, 0.3) is 10.9 Å². The quantitative estimate of drug-likeness (QED) is 0.510. The summed E-state index contributed by atoms with van der Waals surface area (Å²) in [5, 5.41) is 6.15. The molecule has 1 unspecified atom stereocenters. The second kappa shape index (κ2) is 7.75. The SMILES string of the molecule is NC(=O)NC(C#CNC(=O)c1c[nH]c2ccccc12)C1CCCCC1. The average Bonchev–Trinajstić information content (AvgIpc) is 3.05. The van der Waals surface area contributed by atoms with Crippen LogP contribution in [0.5, 0.6) is 0 Å². The second-order valence-electron chi connectivity index (χ2n) is 6.36. The Morgan fingerprint density at radius 1 is 1.20 bits per heavy atom. The van der Waals surface area contributed by atoms with Crippen molar-refractivity contribution in [3.63, 3.8) is 0 Å². The number of fused-ring (bicyclic) bond motifs is 1. The molecule has 3 rings (SSSR count). The highest BCUT2D eigenvalue weighted by Gasteiger charge is 2.23. The molecule has 1 aromatic heterocycles. The van der Waals surface area contributed by atoms with Crippen molar-refractivity contribution in [1.29, 1.82) is 0 Å². The number of carbonyl (C=O) groups is 2. The van der Waals surface area contributed by atoms with E-state index in [4.69, 9.17) is 5.73 Å². The predicted octanol–water partition coefficient (Wildman–Crippen LogP) is 2.48. The van der Waals surface area contributed by atoms with Crippen LogP contribution in [0, 0.1) is 17.9 Å². The van der Waals surface area contributed by atoms with E-state index in [0.717, 1.165) is 36.6 Å². The molecule has 5 N–H and O–H groups in total. The number of hydrogen-bond acceptors (Lipinski definition) is 2. The molecule has 25 heavy (non-hydrogen) atoms. The van der Waals surface area contributed by atoms with E-state index < -0.39 is 6.03 Å². The molecule has 6 heteroatoms. The molecule has 3 amide bonds. The first-order valence-electron chi connectivity index (χ1n) is 8.58.